The Bertz CT molecular complexity index is 302. The van der Waals surface area contributed by atoms with Crippen LogP contribution in [-0.4, -0.2) is 11.0 Å². The van der Waals surface area contributed by atoms with Crippen molar-refractivity contribution in [2.75, 3.05) is 0 Å². The molecule has 1 atom stereocenters. The van der Waals surface area contributed by atoms with Crippen LogP contribution in [0.4, 0.5) is 0 Å². The number of aromatic nitrogens is 1. The van der Waals surface area contributed by atoms with Crippen molar-refractivity contribution in [1.29, 1.82) is 0 Å². The van der Waals surface area contributed by atoms with Crippen LogP contribution in [0.1, 0.15) is 63.5 Å². The predicted molar refractivity (Wildman–Crippen MR) is 71.9 cm³/mol. The summed E-state index contributed by atoms with van der Waals surface area (Å²) in [4.78, 5) is 4.07. The standard InChI is InChI=1S/C15H24N2/c1-13(14-9-11-16-12-10-14)17-15-7-5-3-2-4-6-8-15/h9-13,15,17H,2-8H2,1H3. The molecule has 0 saturated heterocycles. The average Bonchev–Trinajstić information content (AvgIpc) is 2.33. The van der Waals surface area contributed by atoms with Crippen molar-refractivity contribution in [2.45, 2.75) is 64.0 Å². The van der Waals surface area contributed by atoms with E-state index in [0.29, 0.717) is 12.1 Å². The number of rotatable bonds is 3. The van der Waals surface area contributed by atoms with E-state index in [9.17, 15) is 0 Å². The highest BCUT2D eigenvalue weighted by atomic mass is 14.9. The SMILES string of the molecule is CC(NC1CCCCCCC1)c1ccncc1. The second kappa shape index (κ2) is 6.75. The van der Waals surface area contributed by atoms with E-state index in [-0.39, 0.29) is 0 Å². The summed E-state index contributed by atoms with van der Waals surface area (Å²) in [7, 11) is 0. The first kappa shape index (κ1) is 12.6. The first-order valence-corrected chi connectivity index (χ1v) is 7.02. The van der Waals surface area contributed by atoms with Crippen LogP contribution in [0.25, 0.3) is 0 Å². The zero-order chi connectivity index (χ0) is 11.9. The first-order chi connectivity index (χ1) is 8.36. The smallest absolute Gasteiger partial charge is 0.0295 e. The molecule has 1 N–H and O–H groups in total. The van der Waals surface area contributed by atoms with Crippen LogP contribution >= 0.6 is 0 Å². The Kier molecular flexibility index (Phi) is 4.99. The van der Waals surface area contributed by atoms with Gasteiger partial charge >= 0.3 is 0 Å². The lowest BCUT2D eigenvalue weighted by Gasteiger charge is -2.25. The van der Waals surface area contributed by atoms with E-state index in [0.717, 1.165) is 0 Å². The highest BCUT2D eigenvalue weighted by Gasteiger charge is 2.14. The number of pyridine rings is 1. The topological polar surface area (TPSA) is 24.9 Å². The van der Waals surface area contributed by atoms with Gasteiger partial charge in [-0.1, -0.05) is 32.1 Å². The van der Waals surface area contributed by atoms with Gasteiger partial charge in [-0.25, -0.2) is 0 Å². The number of hydrogen-bond acceptors (Lipinski definition) is 2. The van der Waals surface area contributed by atoms with Crippen molar-refractivity contribution < 1.29 is 0 Å². The lowest BCUT2D eigenvalue weighted by molar-refractivity contribution is 0.362. The molecule has 1 aromatic heterocycles. The molecule has 1 aromatic rings. The van der Waals surface area contributed by atoms with Gasteiger partial charge in [0.05, 0.1) is 0 Å². The molecule has 1 heterocycles. The van der Waals surface area contributed by atoms with Gasteiger partial charge in [-0.3, -0.25) is 4.98 Å². The summed E-state index contributed by atoms with van der Waals surface area (Å²) in [6.45, 7) is 2.26. The van der Waals surface area contributed by atoms with Crippen LogP contribution in [0.15, 0.2) is 24.5 Å². The monoisotopic (exact) mass is 232 g/mol. The third kappa shape index (κ3) is 4.12. The largest absolute Gasteiger partial charge is 0.307 e. The molecule has 1 fully saturated rings. The maximum absolute atomic E-state index is 4.07. The summed E-state index contributed by atoms with van der Waals surface area (Å²) in [5.41, 5.74) is 1.35. The van der Waals surface area contributed by atoms with Gasteiger partial charge in [0, 0.05) is 24.5 Å². The Morgan fingerprint density at radius 3 is 2.29 bits per heavy atom. The van der Waals surface area contributed by atoms with Gasteiger partial charge in [0.1, 0.15) is 0 Å². The predicted octanol–water partition coefficient (Wildman–Crippen LogP) is 3.85. The summed E-state index contributed by atoms with van der Waals surface area (Å²) in [5.74, 6) is 0. The minimum absolute atomic E-state index is 0.447. The van der Waals surface area contributed by atoms with Gasteiger partial charge in [0.25, 0.3) is 0 Å². The Balaban J connectivity index is 1.86. The fourth-order valence-electron chi connectivity index (χ4n) is 2.72. The van der Waals surface area contributed by atoms with E-state index in [4.69, 9.17) is 0 Å². The maximum Gasteiger partial charge on any atom is 0.0295 e. The van der Waals surface area contributed by atoms with E-state index >= 15 is 0 Å². The second-order valence-corrected chi connectivity index (χ2v) is 5.21. The summed E-state index contributed by atoms with van der Waals surface area (Å²) >= 11 is 0. The van der Waals surface area contributed by atoms with Gasteiger partial charge in [-0.2, -0.15) is 0 Å². The van der Waals surface area contributed by atoms with Gasteiger partial charge in [-0.15, -0.1) is 0 Å². The highest BCUT2D eigenvalue weighted by molar-refractivity contribution is 5.14. The fraction of sp³-hybridized carbons (Fsp3) is 0.667. The highest BCUT2D eigenvalue weighted by Crippen LogP contribution is 2.20. The molecule has 0 bridgehead atoms. The summed E-state index contributed by atoms with van der Waals surface area (Å²) < 4.78 is 0. The molecule has 0 radical (unpaired) electrons. The van der Waals surface area contributed by atoms with E-state index in [1.165, 1.54) is 50.5 Å². The van der Waals surface area contributed by atoms with Crippen LogP contribution in [0, 0.1) is 0 Å². The zero-order valence-electron chi connectivity index (χ0n) is 10.9. The van der Waals surface area contributed by atoms with Crippen molar-refractivity contribution in [1.82, 2.24) is 10.3 Å². The zero-order valence-corrected chi connectivity index (χ0v) is 10.9. The van der Waals surface area contributed by atoms with Crippen LogP contribution in [0.5, 0.6) is 0 Å². The van der Waals surface area contributed by atoms with Crippen molar-refractivity contribution in [3.05, 3.63) is 30.1 Å². The van der Waals surface area contributed by atoms with E-state index in [2.05, 4.69) is 29.4 Å². The molecule has 1 aliphatic carbocycles. The van der Waals surface area contributed by atoms with E-state index < -0.39 is 0 Å². The van der Waals surface area contributed by atoms with Crippen molar-refractivity contribution in [3.63, 3.8) is 0 Å². The molecule has 0 spiro atoms. The average molecular weight is 232 g/mol. The Morgan fingerprint density at radius 1 is 1.06 bits per heavy atom. The molecule has 0 aromatic carbocycles. The van der Waals surface area contributed by atoms with E-state index in [1.807, 2.05) is 12.4 Å². The molecule has 0 amide bonds. The van der Waals surface area contributed by atoms with Gasteiger partial charge in [0.2, 0.25) is 0 Å². The minimum atomic E-state index is 0.447. The number of hydrogen-bond donors (Lipinski definition) is 1. The molecule has 1 unspecified atom stereocenters. The summed E-state index contributed by atoms with van der Waals surface area (Å²) in [6, 6.07) is 5.38. The maximum atomic E-state index is 4.07. The molecule has 0 aliphatic heterocycles. The Hall–Kier alpha value is -0.890. The van der Waals surface area contributed by atoms with Gasteiger partial charge in [-0.05, 0) is 37.5 Å². The van der Waals surface area contributed by atoms with Crippen LogP contribution < -0.4 is 5.32 Å². The van der Waals surface area contributed by atoms with Gasteiger partial charge in [0.15, 0.2) is 0 Å². The van der Waals surface area contributed by atoms with Crippen LogP contribution in [0.3, 0.4) is 0 Å². The molecular formula is C15H24N2. The third-order valence-electron chi connectivity index (χ3n) is 3.80. The number of nitrogens with zero attached hydrogens (tertiary/aromatic N) is 1. The molecule has 17 heavy (non-hydrogen) atoms. The van der Waals surface area contributed by atoms with Crippen molar-refractivity contribution >= 4 is 0 Å². The molecule has 94 valence electrons. The van der Waals surface area contributed by atoms with Crippen LogP contribution in [0.2, 0.25) is 0 Å². The fourth-order valence-corrected chi connectivity index (χ4v) is 2.72. The first-order valence-electron chi connectivity index (χ1n) is 7.02. The summed E-state index contributed by atoms with van der Waals surface area (Å²) in [6.07, 6.45) is 13.5. The molecule has 1 aliphatic rings. The quantitative estimate of drug-likeness (QED) is 0.856. The van der Waals surface area contributed by atoms with Crippen LogP contribution in [-0.2, 0) is 0 Å². The minimum Gasteiger partial charge on any atom is -0.307 e. The Labute approximate surface area is 105 Å². The Morgan fingerprint density at radius 2 is 1.65 bits per heavy atom. The third-order valence-corrected chi connectivity index (χ3v) is 3.80. The summed E-state index contributed by atoms with van der Waals surface area (Å²) in [5, 5.41) is 3.78. The molecule has 2 rings (SSSR count). The second-order valence-electron chi connectivity index (χ2n) is 5.21. The molecule has 2 heteroatoms. The normalized spacial score (nSPS) is 20.5. The van der Waals surface area contributed by atoms with Crippen molar-refractivity contribution in [2.24, 2.45) is 0 Å². The lowest BCUT2D eigenvalue weighted by atomic mass is 9.95. The lowest BCUT2D eigenvalue weighted by Crippen LogP contribution is -2.32. The molecular weight excluding hydrogens is 208 g/mol. The molecule has 1 saturated carbocycles. The van der Waals surface area contributed by atoms with E-state index in [1.54, 1.807) is 0 Å². The van der Waals surface area contributed by atoms with Gasteiger partial charge < -0.3 is 5.32 Å². The number of nitrogens with one attached hydrogen (secondary N) is 1. The van der Waals surface area contributed by atoms with Crippen molar-refractivity contribution in [3.8, 4) is 0 Å². The molecule has 2 nitrogen and oxygen atoms in total.